The van der Waals surface area contributed by atoms with Gasteiger partial charge in [-0.25, -0.2) is 4.98 Å². The maximum absolute atomic E-state index is 12.4. The molecule has 1 fully saturated rings. The zero-order valence-corrected chi connectivity index (χ0v) is 18.5. The van der Waals surface area contributed by atoms with E-state index >= 15 is 0 Å². The quantitative estimate of drug-likeness (QED) is 0.363. The molecule has 1 amide bonds. The molecule has 1 atom stereocenters. The molecule has 1 aliphatic rings. The van der Waals surface area contributed by atoms with Gasteiger partial charge in [-0.3, -0.25) is 4.79 Å². The van der Waals surface area contributed by atoms with Crippen LogP contribution >= 0.6 is 0 Å². The Hall–Kier alpha value is -3.08. The minimum Gasteiger partial charge on any atom is -0.494 e. The molecule has 1 aromatic heterocycles. The minimum atomic E-state index is 0.131. The van der Waals surface area contributed by atoms with Crippen molar-refractivity contribution in [1.82, 2.24) is 14.5 Å². The Labute approximate surface area is 184 Å². The first-order valence-electron chi connectivity index (χ1n) is 11.1. The SMILES string of the molecule is C=CCN1C[C@@H](c2nc3ccccc3n2CCCCOc2ccc(C)c(C)c2)CC1=O. The zero-order valence-electron chi connectivity index (χ0n) is 18.5. The summed E-state index contributed by atoms with van der Waals surface area (Å²) in [6.45, 7) is 10.9. The molecular weight excluding hydrogens is 386 g/mol. The molecule has 0 spiro atoms. The van der Waals surface area contributed by atoms with E-state index in [1.54, 1.807) is 6.08 Å². The van der Waals surface area contributed by atoms with Gasteiger partial charge in [0.05, 0.1) is 17.6 Å². The van der Waals surface area contributed by atoms with Gasteiger partial charge in [0, 0.05) is 32.0 Å². The molecule has 4 rings (SSSR count). The van der Waals surface area contributed by atoms with E-state index in [9.17, 15) is 4.79 Å². The van der Waals surface area contributed by atoms with Gasteiger partial charge in [0.15, 0.2) is 0 Å². The lowest BCUT2D eigenvalue weighted by Crippen LogP contribution is -2.25. The van der Waals surface area contributed by atoms with Gasteiger partial charge in [-0.2, -0.15) is 0 Å². The molecule has 0 aliphatic carbocycles. The van der Waals surface area contributed by atoms with Gasteiger partial charge in [-0.1, -0.05) is 24.3 Å². The van der Waals surface area contributed by atoms with Crippen LogP contribution in [0.5, 0.6) is 5.75 Å². The Morgan fingerprint density at radius 2 is 2.00 bits per heavy atom. The van der Waals surface area contributed by atoms with Crippen LogP contribution in [0.1, 0.15) is 42.1 Å². The second kappa shape index (κ2) is 9.38. The second-order valence-corrected chi connectivity index (χ2v) is 8.40. The third-order valence-electron chi connectivity index (χ3n) is 6.14. The van der Waals surface area contributed by atoms with Crippen LogP contribution in [0.25, 0.3) is 11.0 Å². The van der Waals surface area contributed by atoms with E-state index in [4.69, 9.17) is 9.72 Å². The van der Waals surface area contributed by atoms with E-state index in [0.717, 1.165) is 42.0 Å². The predicted molar refractivity (Wildman–Crippen MR) is 125 cm³/mol. The number of aromatic nitrogens is 2. The van der Waals surface area contributed by atoms with E-state index < -0.39 is 0 Å². The van der Waals surface area contributed by atoms with Gasteiger partial charge < -0.3 is 14.2 Å². The number of unbranched alkanes of at least 4 members (excludes halogenated alkanes) is 1. The number of carbonyl (C=O) groups excluding carboxylic acids is 1. The number of fused-ring (bicyclic) bond motifs is 1. The molecule has 31 heavy (non-hydrogen) atoms. The van der Waals surface area contributed by atoms with Crippen molar-refractivity contribution in [2.75, 3.05) is 19.7 Å². The summed E-state index contributed by atoms with van der Waals surface area (Å²) in [6, 6.07) is 14.5. The van der Waals surface area contributed by atoms with Gasteiger partial charge in [0.1, 0.15) is 11.6 Å². The van der Waals surface area contributed by atoms with Gasteiger partial charge in [0.2, 0.25) is 5.91 Å². The maximum Gasteiger partial charge on any atom is 0.223 e. The molecule has 0 saturated carbocycles. The van der Waals surface area contributed by atoms with Crippen LogP contribution in [0.15, 0.2) is 55.1 Å². The number of imidazole rings is 1. The summed E-state index contributed by atoms with van der Waals surface area (Å²) < 4.78 is 8.25. The predicted octanol–water partition coefficient (Wildman–Crippen LogP) is 5.01. The number of carbonyl (C=O) groups is 1. The molecule has 1 aliphatic heterocycles. The first kappa shape index (κ1) is 21.2. The number of rotatable bonds is 9. The Balaban J connectivity index is 1.42. The highest BCUT2D eigenvalue weighted by Crippen LogP contribution is 2.30. The summed E-state index contributed by atoms with van der Waals surface area (Å²) in [4.78, 5) is 19.2. The third-order valence-corrected chi connectivity index (χ3v) is 6.14. The Morgan fingerprint density at radius 1 is 1.16 bits per heavy atom. The lowest BCUT2D eigenvalue weighted by Gasteiger charge is -2.16. The van der Waals surface area contributed by atoms with Crippen molar-refractivity contribution in [3.63, 3.8) is 0 Å². The van der Waals surface area contributed by atoms with Gasteiger partial charge in [-0.05, 0) is 62.1 Å². The second-order valence-electron chi connectivity index (χ2n) is 8.40. The smallest absolute Gasteiger partial charge is 0.223 e. The van der Waals surface area contributed by atoms with E-state index in [-0.39, 0.29) is 11.8 Å². The average Bonchev–Trinajstić information content (AvgIpc) is 3.31. The van der Waals surface area contributed by atoms with E-state index in [1.807, 2.05) is 17.0 Å². The zero-order chi connectivity index (χ0) is 21.8. The van der Waals surface area contributed by atoms with Crippen LogP contribution in [-0.2, 0) is 11.3 Å². The Kier molecular flexibility index (Phi) is 6.40. The lowest BCUT2D eigenvalue weighted by atomic mass is 10.1. The van der Waals surface area contributed by atoms with Crippen LogP contribution < -0.4 is 4.74 Å². The normalized spacial score (nSPS) is 16.3. The van der Waals surface area contributed by atoms with Gasteiger partial charge >= 0.3 is 0 Å². The van der Waals surface area contributed by atoms with Crippen LogP contribution in [-0.4, -0.2) is 40.1 Å². The summed E-state index contributed by atoms with van der Waals surface area (Å²) in [5.41, 5.74) is 4.67. The van der Waals surface area contributed by atoms with Crippen molar-refractivity contribution in [2.24, 2.45) is 0 Å². The molecule has 0 radical (unpaired) electrons. The van der Waals surface area contributed by atoms with Crippen molar-refractivity contribution >= 4 is 16.9 Å². The third kappa shape index (κ3) is 4.66. The van der Waals surface area contributed by atoms with Crippen molar-refractivity contribution < 1.29 is 9.53 Å². The highest BCUT2D eigenvalue weighted by Gasteiger charge is 2.33. The number of benzene rings is 2. The minimum absolute atomic E-state index is 0.131. The number of hydrogen-bond acceptors (Lipinski definition) is 3. The molecule has 1 saturated heterocycles. The highest BCUT2D eigenvalue weighted by molar-refractivity contribution is 5.81. The van der Waals surface area contributed by atoms with Gasteiger partial charge in [-0.15, -0.1) is 6.58 Å². The molecule has 162 valence electrons. The number of likely N-dealkylation sites (tertiary alicyclic amines) is 1. The monoisotopic (exact) mass is 417 g/mol. The number of nitrogens with zero attached hydrogens (tertiary/aromatic N) is 3. The van der Waals surface area contributed by atoms with Crippen LogP contribution in [0.4, 0.5) is 0 Å². The fourth-order valence-electron chi connectivity index (χ4n) is 4.28. The summed E-state index contributed by atoms with van der Waals surface area (Å²) >= 11 is 0. The van der Waals surface area contributed by atoms with Crippen molar-refractivity contribution in [2.45, 2.75) is 45.6 Å². The molecule has 2 heterocycles. The standard InChI is InChI=1S/C26H31N3O2/c1-4-13-28-18-21(17-25(28)30)26-27-23-9-5-6-10-24(23)29(26)14-7-8-15-31-22-12-11-19(2)20(3)16-22/h4-6,9-12,16,21H,1,7-8,13-15,17-18H2,2-3H3/t21-/m0/s1. The Morgan fingerprint density at radius 3 is 2.81 bits per heavy atom. The molecule has 5 heteroatoms. The molecule has 5 nitrogen and oxygen atoms in total. The average molecular weight is 418 g/mol. The van der Waals surface area contributed by atoms with E-state index in [0.29, 0.717) is 26.1 Å². The molecule has 2 aromatic carbocycles. The van der Waals surface area contributed by atoms with Crippen molar-refractivity contribution in [1.29, 1.82) is 0 Å². The summed E-state index contributed by atoms with van der Waals surface area (Å²) in [5, 5.41) is 0. The Bertz CT molecular complexity index is 1090. The fraction of sp³-hybridized carbons (Fsp3) is 0.385. The topological polar surface area (TPSA) is 47.4 Å². The van der Waals surface area contributed by atoms with Crippen molar-refractivity contribution in [3.8, 4) is 5.75 Å². The first-order chi connectivity index (χ1) is 15.1. The van der Waals surface area contributed by atoms with Crippen molar-refractivity contribution in [3.05, 3.63) is 72.1 Å². The van der Waals surface area contributed by atoms with Crippen LogP contribution in [0, 0.1) is 13.8 Å². The number of aryl methyl sites for hydroxylation is 3. The van der Waals surface area contributed by atoms with Gasteiger partial charge in [0.25, 0.3) is 0 Å². The largest absolute Gasteiger partial charge is 0.494 e. The summed E-state index contributed by atoms with van der Waals surface area (Å²) in [6.07, 6.45) is 4.27. The van der Waals surface area contributed by atoms with E-state index in [2.05, 4.69) is 55.3 Å². The molecule has 0 N–H and O–H groups in total. The van der Waals surface area contributed by atoms with Crippen LogP contribution in [0.2, 0.25) is 0 Å². The summed E-state index contributed by atoms with van der Waals surface area (Å²) in [5.74, 6) is 2.27. The molecular formula is C26H31N3O2. The lowest BCUT2D eigenvalue weighted by molar-refractivity contribution is -0.127. The number of ether oxygens (including phenoxy) is 1. The first-order valence-corrected chi connectivity index (χ1v) is 11.1. The maximum atomic E-state index is 12.4. The number of para-hydroxylation sites is 2. The molecule has 0 bridgehead atoms. The number of hydrogen-bond donors (Lipinski definition) is 0. The van der Waals surface area contributed by atoms with E-state index in [1.165, 1.54) is 11.1 Å². The highest BCUT2D eigenvalue weighted by atomic mass is 16.5. The summed E-state index contributed by atoms with van der Waals surface area (Å²) in [7, 11) is 0. The van der Waals surface area contributed by atoms with Crippen LogP contribution in [0.3, 0.4) is 0 Å². The molecule has 3 aromatic rings. The molecule has 0 unspecified atom stereocenters. The fourth-order valence-corrected chi connectivity index (χ4v) is 4.28. The number of amides is 1.